The number of fused-ring (bicyclic) bond motifs is 3. The fourth-order valence-corrected chi connectivity index (χ4v) is 4.47. The summed E-state index contributed by atoms with van der Waals surface area (Å²) in [5, 5.41) is 37.2. The Morgan fingerprint density at radius 2 is 1.63 bits per heavy atom. The number of benzene rings is 3. The molecule has 2 unspecified atom stereocenters. The van der Waals surface area contributed by atoms with Gasteiger partial charge in [0, 0.05) is 18.0 Å². The Kier molecular flexibility index (Phi) is 6.51. The van der Waals surface area contributed by atoms with Crippen LogP contribution in [0, 0.1) is 0 Å². The smallest absolute Gasteiger partial charge is 0.407 e. The Morgan fingerprint density at radius 1 is 0.971 bits per heavy atom. The molecule has 1 aliphatic rings. The minimum Gasteiger partial charge on any atom is -0.449 e. The number of aliphatic hydroxyl groups is 2. The van der Waals surface area contributed by atoms with E-state index in [0.29, 0.717) is 11.4 Å². The van der Waals surface area contributed by atoms with Gasteiger partial charge in [-0.05, 0) is 39.5 Å². The Balaban J connectivity index is 1.10. The summed E-state index contributed by atoms with van der Waals surface area (Å²) < 4.78 is 5.50. The summed E-state index contributed by atoms with van der Waals surface area (Å²) in [4.78, 5) is 12.3. The topological polar surface area (TPSA) is 133 Å². The molecule has 0 saturated carbocycles. The largest absolute Gasteiger partial charge is 0.449 e. The molecule has 3 aromatic carbocycles. The highest BCUT2D eigenvalue weighted by molar-refractivity contribution is 5.79. The third-order valence-electron chi connectivity index (χ3n) is 6.27. The molecular formula is C26H25N5O4. The third-order valence-corrected chi connectivity index (χ3v) is 6.27. The second kappa shape index (κ2) is 10.0. The van der Waals surface area contributed by atoms with E-state index in [1.165, 1.54) is 11.1 Å². The number of aromatic amines is 1. The lowest BCUT2D eigenvalue weighted by Gasteiger charge is -2.19. The molecule has 1 aliphatic carbocycles. The van der Waals surface area contributed by atoms with Crippen molar-refractivity contribution in [1.29, 1.82) is 0 Å². The number of aliphatic hydroxyl groups excluding tert-OH is 2. The standard InChI is InChI=1S/C26H25N5O4/c32-23(24(33)16-9-11-17(12-10-16)25-28-30-31-29-25)13-14-27-26(34)35-15-22-20-7-3-1-5-18(20)19-6-2-4-8-21(19)22/h1-12,22-24,32-33H,13-15H2,(H,27,34)(H,28,29,30,31). The van der Waals surface area contributed by atoms with Crippen molar-refractivity contribution in [2.24, 2.45) is 0 Å². The lowest BCUT2D eigenvalue weighted by molar-refractivity contribution is 0.0137. The van der Waals surface area contributed by atoms with E-state index in [1.807, 2.05) is 24.3 Å². The highest BCUT2D eigenvalue weighted by Gasteiger charge is 2.29. The van der Waals surface area contributed by atoms with E-state index >= 15 is 0 Å². The molecule has 1 aromatic heterocycles. The van der Waals surface area contributed by atoms with Gasteiger partial charge in [-0.3, -0.25) is 0 Å². The number of carbonyl (C=O) groups is 1. The number of hydrogen-bond donors (Lipinski definition) is 4. The zero-order valence-corrected chi connectivity index (χ0v) is 18.8. The van der Waals surface area contributed by atoms with Crippen LogP contribution in [-0.4, -0.2) is 56.2 Å². The summed E-state index contributed by atoms with van der Waals surface area (Å²) in [5.74, 6) is 0.426. The highest BCUT2D eigenvalue weighted by Crippen LogP contribution is 2.44. The van der Waals surface area contributed by atoms with E-state index in [0.717, 1.165) is 16.7 Å². The third kappa shape index (κ3) is 4.77. The number of alkyl carbamates (subject to hydrolysis) is 1. The van der Waals surface area contributed by atoms with Gasteiger partial charge in [0.1, 0.15) is 12.7 Å². The minimum atomic E-state index is -1.10. The molecule has 9 heteroatoms. The number of nitrogens with zero attached hydrogens (tertiary/aromatic N) is 3. The maximum atomic E-state index is 12.3. The molecular weight excluding hydrogens is 446 g/mol. The number of ether oxygens (including phenoxy) is 1. The SMILES string of the molecule is O=C(NCCC(O)C(O)c1ccc(-c2nn[nH]n2)cc1)OCC1c2ccccc2-c2ccccc21. The first-order valence-corrected chi connectivity index (χ1v) is 11.4. The predicted octanol–water partition coefficient (Wildman–Crippen LogP) is 3.19. The van der Waals surface area contributed by atoms with Crippen molar-refractivity contribution in [3.8, 4) is 22.5 Å². The normalized spacial score (nSPS) is 14.1. The van der Waals surface area contributed by atoms with Gasteiger partial charge in [-0.2, -0.15) is 5.21 Å². The van der Waals surface area contributed by atoms with Gasteiger partial charge < -0.3 is 20.3 Å². The van der Waals surface area contributed by atoms with Crippen molar-refractivity contribution >= 4 is 6.09 Å². The Morgan fingerprint density at radius 3 is 2.26 bits per heavy atom. The van der Waals surface area contributed by atoms with Gasteiger partial charge in [-0.1, -0.05) is 72.8 Å². The van der Waals surface area contributed by atoms with Crippen molar-refractivity contribution in [2.45, 2.75) is 24.5 Å². The van der Waals surface area contributed by atoms with Crippen molar-refractivity contribution in [3.05, 3.63) is 89.5 Å². The quantitative estimate of drug-likeness (QED) is 0.310. The Hall–Kier alpha value is -4.08. The van der Waals surface area contributed by atoms with Crippen LogP contribution in [0.15, 0.2) is 72.8 Å². The number of aromatic nitrogens is 4. The maximum Gasteiger partial charge on any atom is 0.407 e. The molecule has 0 bridgehead atoms. The minimum absolute atomic E-state index is 0.0176. The first-order chi connectivity index (χ1) is 17.1. The van der Waals surface area contributed by atoms with Crippen molar-refractivity contribution in [3.63, 3.8) is 0 Å². The number of amides is 1. The molecule has 2 atom stereocenters. The van der Waals surface area contributed by atoms with Gasteiger partial charge >= 0.3 is 6.09 Å². The van der Waals surface area contributed by atoms with Gasteiger partial charge in [0.05, 0.1) is 6.10 Å². The number of rotatable bonds is 8. The lowest BCUT2D eigenvalue weighted by Crippen LogP contribution is -2.30. The molecule has 1 heterocycles. The zero-order chi connectivity index (χ0) is 24.2. The molecule has 0 spiro atoms. The van der Waals surface area contributed by atoms with Crippen molar-refractivity contribution in [1.82, 2.24) is 25.9 Å². The van der Waals surface area contributed by atoms with E-state index in [4.69, 9.17) is 4.74 Å². The van der Waals surface area contributed by atoms with Crippen LogP contribution < -0.4 is 5.32 Å². The fraction of sp³-hybridized carbons (Fsp3) is 0.231. The fourth-order valence-electron chi connectivity index (χ4n) is 4.47. The summed E-state index contributed by atoms with van der Waals surface area (Å²) >= 11 is 0. The number of hydrogen-bond acceptors (Lipinski definition) is 7. The Bertz CT molecular complexity index is 1250. The van der Waals surface area contributed by atoms with E-state index < -0.39 is 18.3 Å². The first-order valence-electron chi connectivity index (χ1n) is 11.4. The van der Waals surface area contributed by atoms with Crippen LogP contribution in [0.5, 0.6) is 0 Å². The number of nitrogens with one attached hydrogen (secondary N) is 2. The van der Waals surface area contributed by atoms with Gasteiger partial charge in [-0.25, -0.2) is 4.79 Å². The summed E-state index contributed by atoms with van der Waals surface area (Å²) in [6.45, 7) is 0.383. The van der Waals surface area contributed by atoms with E-state index in [2.05, 4.69) is 50.2 Å². The summed E-state index contributed by atoms with van der Waals surface area (Å²) in [6.07, 6.45) is -2.55. The molecule has 1 amide bonds. The second-order valence-electron chi connectivity index (χ2n) is 8.41. The van der Waals surface area contributed by atoms with Crippen LogP contribution >= 0.6 is 0 Å². The highest BCUT2D eigenvalue weighted by atomic mass is 16.5. The lowest BCUT2D eigenvalue weighted by atomic mass is 9.98. The monoisotopic (exact) mass is 471 g/mol. The molecule has 0 saturated heterocycles. The summed E-state index contributed by atoms with van der Waals surface area (Å²) in [6, 6.07) is 23.2. The first kappa shape index (κ1) is 22.7. The van der Waals surface area contributed by atoms with Crippen LogP contribution in [0.1, 0.15) is 35.1 Å². The van der Waals surface area contributed by atoms with Gasteiger partial charge in [0.25, 0.3) is 0 Å². The molecule has 4 N–H and O–H groups in total. The predicted molar refractivity (Wildman–Crippen MR) is 128 cm³/mol. The molecule has 0 fully saturated rings. The number of H-pyrrole nitrogens is 1. The molecule has 178 valence electrons. The van der Waals surface area contributed by atoms with Gasteiger partial charge in [0.15, 0.2) is 0 Å². The van der Waals surface area contributed by atoms with Crippen LogP contribution in [0.3, 0.4) is 0 Å². The van der Waals surface area contributed by atoms with Crippen LogP contribution in [0.2, 0.25) is 0 Å². The average Bonchev–Trinajstić information content (AvgIpc) is 3.54. The number of tetrazole rings is 1. The molecule has 5 rings (SSSR count). The molecule has 0 aliphatic heterocycles. The number of carbonyl (C=O) groups excluding carboxylic acids is 1. The molecule has 35 heavy (non-hydrogen) atoms. The Labute approximate surface area is 201 Å². The van der Waals surface area contributed by atoms with Crippen molar-refractivity contribution < 1.29 is 19.7 Å². The zero-order valence-electron chi connectivity index (χ0n) is 18.8. The summed E-state index contributed by atoms with van der Waals surface area (Å²) in [5.41, 5.74) is 5.90. The van der Waals surface area contributed by atoms with Crippen LogP contribution in [0.4, 0.5) is 4.79 Å². The van der Waals surface area contributed by atoms with Crippen LogP contribution in [-0.2, 0) is 4.74 Å². The molecule has 0 radical (unpaired) electrons. The van der Waals surface area contributed by atoms with E-state index in [-0.39, 0.29) is 25.5 Å². The summed E-state index contributed by atoms with van der Waals surface area (Å²) in [7, 11) is 0. The van der Waals surface area contributed by atoms with Crippen molar-refractivity contribution in [2.75, 3.05) is 13.2 Å². The maximum absolute atomic E-state index is 12.3. The second-order valence-corrected chi connectivity index (χ2v) is 8.41. The molecule has 9 nitrogen and oxygen atoms in total. The van der Waals surface area contributed by atoms with Gasteiger partial charge in [-0.15, -0.1) is 10.2 Å². The van der Waals surface area contributed by atoms with E-state index in [9.17, 15) is 15.0 Å². The van der Waals surface area contributed by atoms with E-state index in [1.54, 1.807) is 24.3 Å². The van der Waals surface area contributed by atoms with Crippen LogP contribution in [0.25, 0.3) is 22.5 Å². The molecule has 4 aromatic rings. The van der Waals surface area contributed by atoms with Gasteiger partial charge in [0.2, 0.25) is 5.82 Å². The average molecular weight is 472 g/mol.